The van der Waals surface area contributed by atoms with Crippen LogP contribution in [0.4, 0.5) is 5.69 Å². The number of carbonyl (C=O) groups is 2. The number of aromatic nitrogens is 2. The summed E-state index contributed by atoms with van der Waals surface area (Å²) in [5.74, 6) is -1.01. The maximum absolute atomic E-state index is 12.3. The Morgan fingerprint density at radius 3 is 2.69 bits per heavy atom. The van der Waals surface area contributed by atoms with E-state index in [2.05, 4.69) is 17.3 Å². The first-order valence-electron chi connectivity index (χ1n) is 9.72. The number of carbonyl (C=O) groups excluding carboxylic acids is 2. The molecule has 0 aliphatic heterocycles. The van der Waals surface area contributed by atoms with Crippen LogP contribution in [0.15, 0.2) is 24.3 Å². The number of rotatable bonds is 8. The third kappa shape index (κ3) is 6.19. The summed E-state index contributed by atoms with van der Waals surface area (Å²) in [6, 6.07) is 5.72. The first-order chi connectivity index (χ1) is 13.7. The molecule has 2 aromatic rings. The molecule has 0 bridgehead atoms. The van der Waals surface area contributed by atoms with Crippen molar-refractivity contribution in [3.8, 4) is 0 Å². The van der Waals surface area contributed by atoms with Crippen molar-refractivity contribution in [2.75, 3.05) is 5.32 Å². The minimum atomic E-state index is -0.934. The molecule has 0 saturated heterocycles. The molecule has 0 spiro atoms. The second-order valence-corrected chi connectivity index (χ2v) is 7.44. The van der Waals surface area contributed by atoms with Gasteiger partial charge in [-0.3, -0.25) is 9.48 Å². The van der Waals surface area contributed by atoms with Gasteiger partial charge >= 0.3 is 5.97 Å². The number of esters is 1. The highest BCUT2D eigenvalue weighted by Gasteiger charge is 2.18. The smallest absolute Gasteiger partial charge is 0.331 e. The molecule has 2 rings (SSSR count). The fourth-order valence-corrected chi connectivity index (χ4v) is 3.14. The van der Waals surface area contributed by atoms with Gasteiger partial charge in [0.05, 0.1) is 5.69 Å². The van der Waals surface area contributed by atoms with Crippen LogP contribution in [0.25, 0.3) is 6.08 Å². The summed E-state index contributed by atoms with van der Waals surface area (Å²) in [6.07, 6.45) is 3.91. The maximum atomic E-state index is 12.3. The van der Waals surface area contributed by atoms with E-state index in [0.29, 0.717) is 16.4 Å². The molecule has 156 valence electrons. The lowest BCUT2D eigenvalue weighted by Crippen LogP contribution is -2.29. The summed E-state index contributed by atoms with van der Waals surface area (Å²) < 4.78 is 6.94. The van der Waals surface area contributed by atoms with E-state index in [-0.39, 0.29) is 5.91 Å². The minimum Gasteiger partial charge on any atom is -0.449 e. The van der Waals surface area contributed by atoms with Gasteiger partial charge in [-0.2, -0.15) is 5.10 Å². The number of ether oxygens (including phenoxy) is 1. The highest BCUT2D eigenvalue weighted by molar-refractivity contribution is 6.31. The molecule has 0 saturated carbocycles. The SMILES string of the molecule is CCCCn1nc(C)c(/C=C/C(=O)O[C@H](C)C(=O)Nc2ccc(C)cc2C)c1Cl. The summed E-state index contributed by atoms with van der Waals surface area (Å²) in [5, 5.41) is 7.66. The van der Waals surface area contributed by atoms with Crippen LogP contribution >= 0.6 is 11.6 Å². The Kier molecular flexibility index (Phi) is 8.02. The van der Waals surface area contributed by atoms with Gasteiger partial charge < -0.3 is 10.1 Å². The van der Waals surface area contributed by atoms with Gasteiger partial charge in [0, 0.05) is 23.9 Å². The quantitative estimate of drug-likeness (QED) is 0.492. The average molecular weight is 418 g/mol. The first kappa shape index (κ1) is 22.7. The summed E-state index contributed by atoms with van der Waals surface area (Å²) in [5.41, 5.74) is 4.16. The lowest BCUT2D eigenvalue weighted by molar-refractivity contribution is -0.148. The molecule has 1 heterocycles. The van der Waals surface area contributed by atoms with Crippen LogP contribution in [-0.4, -0.2) is 27.8 Å². The van der Waals surface area contributed by atoms with Crippen molar-refractivity contribution in [3.05, 3.63) is 51.8 Å². The molecule has 1 amide bonds. The molecule has 6 nitrogen and oxygen atoms in total. The number of unbranched alkanes of at least 4 members (excludes halogenated alkanes) is 1. The number of amides is 1. The van der Waals surface area contributed by atoms with Crippen LogP contribution in [0.1, 0.15) is 49.1 Å². The molecule has 1 aromatic heterocycles. The Labute approximate surface area is 176 Å². The second-order valence-electron chi connectivity index (χ2n) is 7.09. The van der Waals surface area contributed by atoms with E-state index in [9.17, 15) is 9.59 Å². The first-order valence-corrected chi connectivity index (χ1v) is 10.1. The number of nitrogens with one attached hydrogen (secondary N) is 1. The van der Waals surface area contributed by atoms with E-state index in [1.807, 2.05) is 39.0 Å². The van der Waals surface area contributed by atoms with E-state index in [0.717, 1.165) is 36.2 Å². The maximum Gasteiger partial charge on any atom is 0.331 e. The largest absolute Gasteiger partial charge is 0.449 e. The molecule has 0 fully saturated rings. The van der Waals surface area contributed by atoms with Crippen LogP contribution in [0.3, 0.4) is 0 Å². The van der Waals surface area contributed by atoms with E-state index < -0.39 is 12.1 Å². The minimum absolute atomic E-state index is 0.389. The molecule has 0 unspecified atom stereocenters. The second kappa shape index (κ2) is 10.3. The molecule has 1 N–H and O–H groups in total. The van der Waals surface area contributed by atoms with E-state index >= 15 is 0 Å². The Morgan fingerprint density at radius 1 is 1.31 bits per heavy atom. The van der Waals surface area contributed by atoms with E-state index in [1.165, 1.54) is 13.0 Å². The van der Waals surface area contributed by atoms with Crippen LogP contribution < -0.4 is 5.32 Å². The average Bonchev–Trinajstić information content (AvgIpc) is 2.93. The predicted molar refractivity (Wildman–Crippen MR) is 116 cm³/mol. The number of anilines is 1. The van der Waals surface area contributed by atoms with E-state index in [1.54, 1.807) is 10.8 Å². The number of hydrogen-bond donors (Lipinski definition) is 1. The third-order valence-electron chi connectivity index (χ3n) is 4.52. The zero-order chi connectivity index (χ0) is 21.6. The van der Waals surface area contributed by atoms with Crippen molar-refractivity contribution in [3.63, 3.8) is 0 Å². The van der Waals surface area contributed by atoms with Crippen LogP contribution in [0.5, 0.6) is 0 Å². The van der Waals surface area contributed by atoms with E-state index in [4.69, 9.17) is 16.3 Å². The molecule has 0 aliphatic carbocycles. The molecule has 0 aliphatic rings. The lowest BCUT2D eigenvalue weighted by atomic mass is 10.1. The Balaban J connectivity index is 1.97. The molecule has 1 atom stereocenters. The summed E-state index contributed by atoms with van der Waals surface area (Å²) >= 11 is 6.35. The van der Waals surface area contributed by atoms with Gasteiger partial charge in [0.25, 0.3) is 5.91 Å². The summed E-state index contributed by atoms with van der Waals surface area (Å²) in [6.45, 7) is 10.1. The number of hydrogen-bond acceptors (Lipinski definition) is 4. The van der Waals surface area contributed by atoms with Crippen molar-refractivity contribution < 1.29 is 14.3 Å². The molecule has 7 heteroatoms. The van der Waals surface area contributed by atoms with Gasteiger partial charge in [-0.1, -0.05) is 42.6 Å². The molecular formula is C22H28ClN3O3. The fourth-order valence-electron chi connectivity index (χ4n) is 2.82. The highest BCUT2D eigenvalue weighted by Crippen LogP contribution is 2.22. The third-order valence-corrected chi connectivity index (χ3v) is 4.92. The topological polar surface area (TPSA) is 73.2 Å². The Bertz CT molecular complexity index is 918. The van der Waals surface area contributed by atoms with Crippen LogP contribution in [0, 0.1) is 20.8 Å². The van der Waals surface area contributed by atoms with Crippen molar-refractivity contribution in [2.45, 2.75) is 60.1 Å². The van der Waals surface area contributed by atoms with Crippen molar-refractivity contribution >= 4 is 35.2 Å². The van der Waals surface area contributed by atoms with Gasteiger partial charge in [-0.25, -0.2) is 4.79 Å². The van der Waals surface area contributed by atoms with Crippen molar-refractivity contribution in [2.24, 2.45) is 0 Å². The summed E-state index contributed by atoms with van der Waals surface area (Å²) in [4.78, 5) is 24.5. The number of halogens is 1. The van der Waals surface area contributed by atoms with Gasteiger partial charge in [0.15, 0.2) is 6.10 Å². The number of nitrogens with zero attached hydrogens (tertiary/aromatic N) is 2. The number of benzene rings is 1. The lowest BCUT2D eigenvalue weighted by Gasteiger charge is -2.14. The predicted octanol–water partition coefficient (Wildman–Crippen LogP) is 4.85. The zero-order valence-corrected chi connectivity index (χ0v) is 18.3. The highest BCUT2D eigenvalue weighted by atomic mass is 35.5. The van der Waals surface area contributed by atoms with Crippen LogP contribution in [-0.2, 0) is 20.9 Å². The van der Waals surface area contributed by atoms with Gasteiger partial charge in [0.2, 0.25) is 0 Å². The van der Waals surface area contributed by atoms with Crippen molar-refractivity contribution in [1.29, 1.82) is 0 Å². The molecule has 0 radical (unpaired) electrons. The number of aryl methyl sites for hydroxylation is 4. The van der Waals surface area contributed by atoms with Gasteiger partial charge in [-0.05, 0) is 51.8 Å². The van der Waals surface area contributed by atoms with Gasteiger partial charge in [-0.15, -0.1) is 0 Å². The Hall–Kier alpha value is -2.60. The van der Waals surface area contributed by atoms with Crippen LogP contribution in [0.2, 0.25) is 5.15 Å². The van der Waals surface area contributed by atoms with Gasteiger partial charge in [0.1, 0.15) is 5.15 Å². The van der Waals surface area contributed by atoms with Crippen molar-refractivity contribution in [1.82, 2.24) is 9.78 Å². The monoisotopic (exact) mass is 417 g/mol. The standard InChI is InChI=1S/C22H28ClN3O3/c1-6-7-12-26-21(23)18(16(4)25-26)9-11-20(27)29-17(5)22(28)24-19-10-8-14(2)13-15(19)3/h8-11,13,17H,6-7,12H2,1-5H3,(H,24,28)/b11-9+/t17-/m1/s1. The molecular weight excluding hydrogens is 390 g/mol. The normalized spacial score (nSPS) is 12.2. The fraction of sp³-hybridized carbons (Fsp3) is 0.409. The summed E-state index contributed by atoms with van der Waals surface area (Å²) in [7, 11) is 0. The zero-order valence-electron chi connectivity index (χ0n) is 17.6. The molecule has 29 heavy (non-hydrogen) atoms. The molecule has 1 aromatic carbocycles. The Morgan fingerprint density at radius 2 is 2.03 bits per heavy atom.